The molecule has 1 rings (SSSR count). The van der Waals surface area contributed by atoms with Crippen LogP contribution in [0.2, 0.25) is 5.02 Å². The fourth-order valence-electron chi connectivity index (χ4n) is 1.28. The molecule has 2 amide bonds. The van der Waals surface area contributed by atoms with Crippen LogP contribution in [0.15, 0.2) is 18.2 Å². The van der Waals surface area contributed by atoms with Crippen molar-refractivity contribution in [3.8, 4) is 0 Å². The highest BCUT2D eigenvalue weighted by atomic mass is 35.5. The van der Waals surface area contributed by atoms with Crippen LogP contribution in [0.1, 0.15) is 20.3 Å². The van der Waals surface area contributed by atoms with E-state index < -0.39 is 23.4 Å². The summed E-state index contributed by atoms with van der Waals surface area (Å²) in [6, 6.07) is 2.97. The molecule has 0 saturated heterocycles. The molecule has 0 saturated carbocycles. The first-order chi connectivity index (χ1) is 8.78. The number of hydrogen-bond acceptors (Lipinski definition) is 2. The summed E-state index contributed by atoms with van der Waals surface area (Å²) in [5, 5.41) is 13.6. The molecule has 0 aliphatic heterocycles. The predicted octanol–water partition coefficient (Wildman–Crippen LogP) is 2.85. The van der Waals surface area contributed by atoms with E-state index in [-0.39, 0.29) is 17.1 Å². The third-order valence-corrected chi connectivity index (χ3v) is 3.04. The minimum atomic E-state index is -1.37. The Morgan fingerprint density at radius 1 is 1.47 bits per heavy atom. The second-order valence-electron chi connectivity index (χ2n) is 4.20. The molecule has 0 heterocycles. The van der Waals surface area contributed by atoms with Gasteiger partial charge in [0.15, 0.2) is 0 Å². The predicted molar refractivity (Wildman–Crippen MR) is 69.9 cm³/mol. The number of aliphatic carboxylic acids is 1. The average Bonchev–Trinajstić information content (AvgIpc) is 2.33. The number of halogens is 2. The fraction of sp³-hybridized carbons (Fsp3) is 0.333. The summed E-state index contributed by atoms with van der Waals surface area (Å²) < 4.78 is 12.9. The van der Waals surface area contributed by atoms with Crippen molar-refractivity contribution in [2.45, 2.75) is 25.8 Å². The molecular weight excluding hydrogens is 275 g/mol. The zero-order chi connectivity index (χ0) is 14.6. The largest absolute Gasteiger partial charge is 0.480 e. The SMILES string of the molecule is CCC(C)(NC(=O)Nc1ccc(F)c(Cl)c1)C(=O)O. The molecule has 0 spiro atoms. The molecule has 7 heteroatoms. The maximum atomic E-state index is 12.9. The van der Waals surface area contributed by atoms with E-state index in [1.807, 2.05) is 0 Å². The van der Waals surface area contributed by atoms with E-state index in [1.54, 1.807) is 6.92 Å². The highest BCUT2D eigenvalue weighted by molar-refractivity contribution is 6.31. The van der Waals surface area contributed by atoms with Crippen molar-refractivity contribution in [1.82, 2.24) is 5.32 Å². The standard InChI is InChI=1S/C12H14ClFN2O3/c1-3-12(2,10(17)18)16-11(19)15-7-4-5-9(14)8(13)6-7/h4-6H,3H2,1-2H3,(H,17,18)(H2,15,16,19). The lowest BCUT2D eigenvalue weighted by Gasteiger charge is -2.24. The van der Waals surface area contributed by atoms with Crippen LogP contribution in [0.25, 0.3) is 0 Å². The smallest absolute Gasteiger partial charge is 0.329 e. The van der Waals surface area contributed by atoms with E-state index >= 15 is 0 Å². The van der Waals surface area contributed by atoms with Crippen molar-refractivity contribution in [3.05, 3.63) is 29.0 Å². The van der Waals surface area contributed by atoms with Crippen LogP contribution < -0.4 is 10.6 Å². The second kappa shape index (κ2) is 5.88. The molecule has 0 aromatic heterocycles. The Morgan fingerprint density at radius 3 is 2.58 bits per heavy atom. The summed E-state index contributed by atoms with van der Waals surface area (Å²) in [6.07, 6.45) is 0.222. The Labute approximate surface area is 114 Å². The zero-order valence-corrected chi connectivity index (χ0v) is 11.2. The van der Waals surface area contributed by atoms with E-state index in [9.17, 15) is 14.0 Å². The molecule has 104 valence electrons. The molecule has 1 unspecified atom stereocenters. The lowest BCUT2D eigenvalue weighted by molar-refractivity contribution is -0.143. The molecule has 0 fully saturated rings. The van der Waals surface area contributed by atoms with Crippen molar-refractivity contribution in [2.24, 2.45) is 0 Å². The number of urea groups is 1. The van der Waals surface area contributed by atoms with Gasteiger partial charge < -0.3 is 15.7 Å². The van der Waals surface area contributed by atoms with Crippen molar-refractivity contribution in [1.29, 1.82) is 0 Å². The van der Waals surface area contributed by atoms with Gasteiger partial charge in [0.05, 0.1) is 5.02 Å². The highest BCUT2D eigenvalue weighted by Crippen LogP contribution is 2.19. The Bertz CT molecular complexity index is 510. The number of carboxylic acid groups (broad SMARTS) is 1. The van der Waals surface area contributed by atoms with Gasteiger partial charge in [-0.2, -0.15) is 0 Å². The molecule has 0 bridgehead atoms. The molecule has 1 aromatic rings. The first-order valence-electron chi connectivity index (χ1n) is 5.56. The van der Waals surface area contributed by atoms with Gasteiger partial charge in [0.1, 0.15) is 11.4 Å². The number of carboxylic acids is 1. The number of anilines is 1. The van der Waals surface area contributed by atoms with Crippen LogP contribution in [0.5, 0.6) is 0 Å². The van der Waals surface area contributed by atoms with Crippen LogP contribution in [-0.2, 0) is 4.79 Å². The first-order valence-corrected chi connectivity index (χ1v) is 5.94. The highest BCUT2D eigenvalue weighted by Gasteiger charge is 2.32. The molecular formula is C12H14ClFN2O3. The second-order valence-corrected chi connectivity index (χ2v) is 4.61. The van der Waals surface area contributed by atoms with Gasteiger partial charge in [-0.3, -0.25) is 0 Å². The number of amides is 2. The monoisotopic (exact) mass is 288 g/mol. The summed E-state index contributed by atoms with van der Waals surface area (Å²) in [4.78, 5) is 22.7. The van der Waals surface area contributed by atoms with Crippen molar-refractivity contribution < 1.29 is 19.1 Å². The normalized spacial score (nSPS) is 13.5. The summed E-state index contributed by atoms with van der Waals surface area (Å²) in [5.74, 6) is -1.74. The van der Waals surface area contributed by atoms with E-state index in [0.717, 1.165) is 6.07 Å². The molecule has 0 aliphatic carbocycles. The Kier molecular flexibility index (Phi) is 4.72. The Balaban J connectivity index is 2.75. The van der Waals surface area contributed by atoms with Crippen LogP contribution in [-0.4, -0.2) is 22.6 Å². The first kappa shape index (κ1) is 15.2. The van der Waals surface area contributed by atoms with Crippen molar-refractivity contribution in [3.63, 3.8) is 0 Å². The van der Waals surface area contributed by atoms with Gasteiger partial charge >= 0.3 is 12.0 Å². The molecule has 1 atom stereocenters. The number of carbonyl (C=O) groups is 2. The van der Waals surface area contributed by atoms with E-state index in [4.69, 9.17) is 16.7 Å². The quantitative estimate of drug-likeness (QED) is 0.797. The van der Waals surface area contributed by atoms with Gasteiger partial charge in [-0.1, -0.05) is 18.5 Å². The Morgan fingerprint density at radius 2 is 2.11 bits per heavy atom. The maximum Gasteiger partial charge on any atom is 0.329 e. The molecule has 3 N–H and O–H groups in total. The van der Waals surface area contributed by atoms with Crippen LogP contribution in [0.3, 0.4) is 0 Å². The molecule has 0 radical (unpaired) electrons. The summed E-state index contributed by atoms with van der Waals surface area (Å²) >= 11 is 5.57. The lowest BCUT2D eigenvalue weighted by Crippen LogP contribution is -2.53. The summed E-state index contributed by atoms with van der Waals surface area (Å²) in [7, 11) is 0. The summed E-state index contributed by atoms with van der Waals surface area (Å²) in [6.45, 7) is 3.04. The molecule has 1 aromatic carbocycles. The topological polar surface area (TPSA) is 78.4 Å². The number of hydrogen-bond donors (Lipinski definition) is 3. The third kappa shape index (κ3) is 3.82. The number of rotatable bonds is 4. The van der Waals surface area contributed by atoms with Crippen LogP contribution in [0, 0.1) is 5.82 Å². The molecule has 5 nitrogen and oxygen atoms in total. The van der Waals surface area contributed by atoms with Crippen molar-refractivity contribution in [2.75, 3.05) is 5.32 Å². The van der Waals surface area contributed by atoms with E-state index in [0.29, 0.717) is 0 Å². The Hall–Kier alpha value is -1.82. The minimum Gasteiger partial charge on any atom is -0.480 e. The summed E-state index contributed by atoms with van der Waals surface area (Å²) in [5.41, 5.74) is -1.10. The van der Waals surface area contributed by atoms with Gasteiger partial charge in [-0.25, -0.2) is 14.0 Å². The number of carbonyl (C=O) groups excluding carboxylic acids is 1. The van der Waals surface area contributed by atoms with Crippen LogP contribution in [0.4, 0.5) is 14.9 Å². The van der Waals surface area contributed by atoms with Gasteiger partial charge in [0.25, 0.3) is 0 Å². The van der Waals surface area contributed by atoms with Gasteiger partial charge in [0.2, 0.25) is 0 Å². The van der Waals surface area contributed by atoms with E-state index in [1.165, 1.54) is 19.1 Å². The fourth-order valence-corrected chi connectivity index (χ4v) is 1.46. The minimum absolute atomic E-state index is 0.130. The van der Waals surface area contributed by atoms with Gasteiger partial charge in [-0.05, 0) is 31.5 Å². The van der Waals surface area contributed by atoms with Gasteiger partial charge in [-0.15, -0.1) is 0 Å². The molecule has 0 aliphatic rings. The third-order valence-electron chi connectivity index (χ3n) is 2.75. The molecule has 19 heavy (non-hydrogen) atoms. The number of benzene rings is 1. The van der Waals surface area contributed by atoms with E-state index in [2.05, 4.69) is 10.6 Å². The van der Waals surface area contributed by atoms with Crippen molar-refractivity contribution >= 4 is 29.3 Å². The van der Waals surface area contributed by atoms with Gasteiger partial charge in [0, 0.05) is 5.69 Å². The van der Waals surface area contributed by atoms with Crippen LogP contribution >= 0.6 is 11.6 Å². The lowest BCUT2D eigenvalue weighted by atomic mass is 10.00. The zero-order valence-electron chi connectivity index (χ0n) is 10.5. The average molecular weight is 289 g/mol. The maximum absolute atomic E-state index is 12.9. The number of nitrogens with one attached hydrogen (secondary N) is 2.